The number of rotatable bonds is 8. The summed E-state index contributed by atoms with van der Waals surface area (Å²) in [5.74, 6) is -1.41. The molecule has 8 nitrogen and oxygen atoms in total. The van der Waals surface area contributed by atoms with Gasteiger partial charge in [-0.15, -0.1) is 0 Å². The zero-order chi connectivity index (χ0) is 23.0. The Morgan fingerprint density at radius 2 is 2.16 bits per heavy atom. The number of alkyl halides is 1. The van der Waals surface area contributed by atoms with Crippen LogP contribution in [0.5, 0.6) is 11.5 Å². The molecule has 9 heteroatoms. The first-order valence-electron chi connectivity index (χ1n) is 10.7. The van der Waals surface area contributed by atoms with Crippen LogP contribution >= 0.6 is 0 Å². The summed E-state index contributed by atoms with van der Waals surface area (Å²) < 4.78 is 29.8. The lowest BCUT2D eigenvalue weighted by atomic mass is 9.90. The Bertz CT molecular complexity index is 745. The summed E-state index contributed by atoms with van der Waals surface area (Å²) >= 11 is 0. The molecule has 0 saturated carbocycles. The molecule has 1 amide bonds. The van der Waals surface area contributed by atoms with Crippen molar-refractivity contribution in [1.82, 2.24) is 10.3 Å². The number of esters is 1. The van der Waals surface area contributed by atoms with E-state index >= 15 is 0 Å². The number of aromatic nitrogens is 1. The number of hydrogen-bond donors (Lipinski definition) is 2. The van der Waals surface area contributed by atoms with Crippen LogP contribution < -0.4 is 10.1 Å². The lowest BCUT2D eigenvalue weighted by Crippen LogP contribution is -2.44. The van der Waals surface area contributed by atoms with Crippen molar-refractivity contribution >= 4 is 11.9 Å². The highest BCUT2D eigenvalue weighted by Crippen LogP contribution is 2.29. The molecule has 0 bridgehead atoms. The summed E-state index contributed by atoms with van der Waals surface area (Å²) in [4.78, 5) is 29.3. The van der Waals surface area contributed by atoms with Crippen LogP contribution in [0.4, 0.5) is 4.39 Å². The third-order valence-electron chi connectivity index (χ3n) is 5.31. The Morgan fingerprint density at radius 1 is 1.42 bits per heavy atom. The quantitative estimate of drug-likeness (QED) is 0.599. The molecule has 2 unspecified atom stereocenters. The number of nitrogens with zero attached hydrogens (tertiary/aromatic N) is 1. The van der Waals surface area contributed by atoms with Crippen molar-refractivity contribution in [3.05, 3.63) is 18.0 Å². The predicted octanol–water partition coefficient (Wildman–Crippen LogP) is 3.03. The normalized spacial score (nSPS) is 24.6. The molecule has 174 valence electrons. The summed E-state index contributed by atoms with van der Waals surface area (Å²) in [5, 5.41) is 12.8. The molecule has 4 atom stereocenters. The zero-order valence-corrected chi connectivity index (χ0v) is 18.6. The molecule has 31 heavy (non-hydrogen) atoms. The van der Waals surface area contributed by atoms with Gasteiger partial charge in [0.15, 0.2) is 17.2 Å². The molecule has 0 radical (unpaired) electrons. The van der Waals surface area contributed by atoms with E-state index in [-0.39, 0.29) is 23.3 Å². The summed E-state index contributed by atoms with van der Waals surface area (Å²) in [6.45, 7) is 5.77. The summed E-state index contributed by atoms with van der Waals surface area (Å²) in [6, 6.07) is 0.502. The van der Waals surface area contributed by atoms with E-state index in [9.17, 15) is 19.1 Å². The number of aromatic hydroxyl groups is 1. The van der Waals surface area contributed by atoms with Crippen LogP contribution in [0.15, 0.2) is 12.3 Å². The molecular weight excluding hydrogens is 407 g/mol. The molecule has 2 N–H and O–H groups in total. The number of methoxy groups -OCH3 is 1. The summed E-state index contributed by atoms with van der Waals surface area (Å²) in [6.07, 6.45) is 2.18. The minimum Gasteiger partial charge on any atom is -0.503 e. The van der Waals surface area contributed by atoms with Gasteiger partial charge in [0.05, 0.1) is 19.9 Å². The van der Waals surface area contributed by atoms with Gasteiger partial charge in [0.2, 0.25) is 0 Å². The molecule has 0 aromatic carbocycles. The van der Waals surface area contributed by atoms with Crippen molar-refractivity contribution in [3.63, 3.8) is 0 Å². The van der Waals surface area contributed by atoms with Crippen LogP contribution in [-0.2, 0) is 14.3 Å². The van der Waals surface area contributed by atoms with E-state index in [0.717, 1.165) is 0 Å². The first-order chi connectivity index (χ1) is 14.8. The van der Waals surface area contributed by atoms with E-state index in [0.29, 0.717) is 32.3 Å². The Labute approximate surface area is 182 Å². The number of amides is 1. The highest BCUT2D eigenvalue weighted by atomic mass is 19.1. The molecule has 1 aromatic rings. The lowest BCUT2D eigenvalue weighted by molar-refractivity contribution is -0.161. The lowest BCUT2D eigenvalue weighted by Gasteiger charge is -2.31. The van der Waals surface area contributed by atoms with Gasteiger partial charge in [0, 0.05) is 18.9 Å². The van der Waals surface area contributed by atoms with Gasteiger partial charge in [-0.1, -0.05) is 20.3 Å². The average Bonchev–Trinajstić information content (AvgIpc) is 2.76. The standard InChI is InChI=1S/C22H33FN2O6/c1-13(2)12-30-20-14(3)31-22(28)16(7-5-6-15(20)8-10-23)25-21(27)18-19(26)17(29-4)9-11-24-18/h9,11,13-16,20,26H,5-8,10,12H2,1-4H3,(H,25,27)/t14?,15?,16-,20-/m0/s1. The van der Waals surface area contributed by atoms with Gasteiger partial charge in [-0.2, -0.15) is 0 Å². The molecule has 1 aliphatic rings. The molecule has 2 heterocycles. The SMILES string of the molecule is COc1ccnc(C(=O)N[C@H]2CCCC(CCF)[C@@H](OCC(C)C)C(C)OC2=O)c1O. The maximum atomic E-state index is 13.2. The number of nitrogens with one attached hydrogen (secondary N) is 1. The Balaban J connectivity index is 2.15. The molecule has 1 fully saturated rings. The second kappa shape index (κ2) is 11.8. The average molecular weight is 441 g/mol. The van der Waals surface area contributed by atoms with E-state index in [1.807, 2.05) is 13.8 Å². The molecule has 1 saturated heterocycles. The Morgan fingerprint density at radius 3 is 2.81 bits per heavy atom. The van der Waals surface area contributed by atoms with Crippen molar-refractivity contribution in [3.8, 4) is 11.5 Å². The monoisotopic (exact) mass is 440 g/mol. The van der Waals surface area contributed by atoms with Crippen molar-refractivity contribution in [2.75, 3.05) is 20.4 Å². The minimum atomic E-state index is -0.919. The van der Waals surface area contributed by atoms with Crippen LogP contribution in [0.25, 0.3) is 0 Å². The first kappa shape index (κ1) is 24.8. The van der Waals surface area contributed by atoms with Gasteiger partial charge < -0.3 is 24.6 Å². The van der Waals surface area contributed by atoms with Crippen molar-refractivity contribution in [1.29, 1.82) is 0 Å². The molecule has 0 aliphatic carbocycles. The van der Waals surface area contributed by atoms with Gasteiger partial charge in [-0.3, -0.25) is 9.18 Å². The summed E-state index contributed by atoms with van der Waals surface area (Å²) in [7, 11) is 1.36. The predicted molar refractivity (Wildman–Crippen MR) is 112 cm³/mol. The van der Waals surface area contributed by atoms with Gasteiger partial charge in [-0.25, -0.2) is 9.78 Å². The molecule has 1 aliphatic heterocycles. The third-order valence-corrected chi connectivity index (χ3v) is 5.31. The van der Waals surface area contributed by atoms with Gasteiger partial charge in [-0.05, 0) is 38.0 Å². The van der Waals surface area contributed by atoms with E-state index in [2.05, 4.69) is 10.3 Å². The van der Waals surface area contributed by atoms with E-state index in [1.165, 1.54) is 19.4 Å². The highest BCUT2D eigenvalue weighted by Gasteiger charge is 2.35. The summed E-state index contributed by atoms with van der Waals surface area (Å²) in [5.41, 5.74) is -0.242. The van der Waals surface area contributed by atoms with Crippen LogP contribution in [0.2, 0.25) is 0 Å². The number of halogens is 1. The van der Waals surface area contributed by atoms with Crippen molar-refractivity contribution in [2.45, 2.75) is 64.7 Å². The van der Waals surface area contributed by atoms with Crippen LogP contribution in [0.3, 0.4) is 0 Å². The van der Waals surface area contributed by atoms with Crippen molar-refractivity contribution in [2.24, 2.45) is 11.8 Å². The molecule has 1 aromatic heterocycles. The minimum absolute atomic E-state index is 0.0925. The fourth-order valence-corrected chi connectivity index (χ4v) is 3.73. The largest absolute Gasteiger partial charge is 0.503 e. The zero-order valence-electron chi connectivity index (χ0n) is 18.6. The highest BCUT2D eigenvalue weighted by molar-refractivity contribution is 5.97. The number of pyridine rings is 1. The smallest absolute Gasteiger partial charge is 0.329 e. The van der Waals surface area contributed by atoms with Gasteiger partial charge in [0.1, 0.15) is 12.1 Å². The molecule has 2 rings (SSSR count). The van der Waals surface area contributed by atoms with E-state index < -0.39 is 42.6 Å². The van der Waals surface area contributed by atoms with E-state index in [4.69, 9.17) is 14.2 Å². The van der Waals surface area contributed by atoms with Gasteiger partial charge >= 0.3 is 5.97 Å². The topological polar surface area (TPSA) is 107 Å². The number of carbonyl (C=O) groups excluding carboxylic acids is 2. The van der Waals surface area contributed by atoms with Crippen LogP contribution in [0.1, 0.15) is 56.9 Å². The second-order valence-electron chi connectivity index (χ2n) is 8.24. The second-order valence-corrected chi connectivity index (χ2v) is 8.24. The number of hydrogen-bond acceptors (Lipinski definition) is 7. The van der Waals surface area contributed by atoms with Crippen LogP contribution in [0, 0.1) is 11.8 Å². The van der Waals surface area contributed by atoms with Gasteiger partial charge in [0.25, 0.3) is 5.91 Å². The maximum Gasteiger partial charge on any atom is 0.329 e. The number of cyclic esters (lactones) is 1. The Kier molecular flexibility index (Phi) is 9.48. The molecular formula is C22H33FN2O6. The fraction of sp³-hybridized carbons (Fsp3) is 0.682. The van der Waals surface area contributed by atoms with E-state index in [1.54, 1.807) is 6.92 Å². The number of ether oxygens (including phenoxy) is 3. The fourth-order valence-electron chi connectivity index (χ4n) is 3.73. The first-order valence-corrected chi connectivity index (χ1v) is 10.7. The maximum absolute atomic E-state index is 13.2. The molecule has 0 spiro atoms. The third kappa shape index (κ3) is 6.78. The Hall–Kier alpha value is -2.42. The van der Waals surface area contributed by atoms with Crippen LogP contribution in [-0.4, -0.2) is 60.6 Å². The van der Waals surface area contributed by atoms with Crippen molar-refractivity contribution < 1.29 is 33.3 Å². The number of carbonyl (C=O) groups is 2.